The van der Waals surface area contributed by atoms with Crippen LogP contribution in [0, 0.1) is 6.92 Å². The van der Waals surface area contributed by atoms with E-state index in [0.717, 1.165) is 47.9 Å². The Kier molecular flexibility index (Phi) is 3.98. The van der Waals surface area contributed by atoms with Crippen molar-refractivity contribution in [3.05, 3.63) is 46.9 Å². The highest BCUT2D eigenvalue weighted by Gasteiger charge is 2.25. The lowest BCUT2D eigenvalue weighted by atomic mass is 9.93. The van der Waals surface area contributed by atoms with Crippen molar-refractivity contribution < 1.29 is 4.42 Å². The molecule has 3 aromatic rings. The summed E-state index contributed by atoms with van der Waals surface area (Å²) in [7, 11) is 0. The van der Waals surface area contributed by atoms with E-state index < -0.39 is 0 Å². The molecule has 0 bridgehead atoms. The number of hydrogen-bond donors (Lipinski definition) is 1. The molecule has 1 N–H and O–H groups in total. The number of aromatic amines is 1. The number of nitrogens with zero attached hydrogens (tertiary/aromatic N) is 4. The molecular formula is C17H18ClN5O. The lowest BCUT2D eigenvalue weighted by molar-refractivity contribution is 0.445. The Morgan fingerprint density at radius 3 is 2.71 bits per heavy atom. The number of aromatic nitrogens is 4. The zero-order chi connectivity index (χ0) is 16.5. The summed E-state index contributed by atoms with van der Waals surface area (Å²) in [6.07, 6.45) is 2.04. The molecule has 1 aliphatic rings. The minimum absolute atomic E-state index is 0.453. The molecule has 1 aliphatic heterocycles. The number of benzene rings is 1. The molecule has 2 aromatic heterocycles. The van der Waals surface area contributed by atoms with Gasteiger partial charge in [0, 0.05) is 37.2 Å². The Balaban J connectivity index is 1.46. The first-order chi connectivity index (χ1) is 11.7. The van der Waals surface area contributed by atoms with Crippen molar-refractivity contribution >= 4 is 17.6 Å². The normalized spacial score (nSPS) is 15.8. The highest BCUT2D eigenvalue weighted by molar-refractivity contribution is 6.33. The number of anilines is 1. The zero-order valence-electron chi connectivity index (χ0n) is 13.4. The first-order valence-electron chi connectivity index (χ1n) is 8.06. The van der Waals surface area contributed by atoms with Gasteiger partial charge in [0.2, 0.25) is 5.89 Å². The van der Waals surface area contributed by atoms with Gasteiger partial charge >= 0.3 is 6.01 Å². The molecule has 0 saturated carbocycles. The maximum atomic E-state index is 6.26. The monoisotopic (exact) mass is 343 g/mol. The van der Waals surface area contributed by atoms with Crippen LogP contribution in [0.25, 0.3) is 11.3 Å². The minimum atomic E-state index is 0.453. The fourth-order valence-electron chi connectivity index (χ4n) is 3.15. The van der Waals surface area contributed by atoms with Crippen molar-refractivity contribution in [2.45, 2.75) is 25.7 Å². The zero-order valence-corrected chi connectivity index (χ0v) is 14.1. The quantitative estimate of drug-likeness (QED) is 0.783. The van der Waals surface area contributed by atoms with Crippen molar-refractivity contribution in [3.8, 4) is 11.3 Å². The van der Waals surface area contributed by atoms with Gasteiger partial charge in [0.15, 0.2) is 0 Å². The second-order valence-corrected chi connectivity index (χ2v) is 6.46. The Bertz CT molecular complexity index is 835. The predicted octanol–water partition coefficient (Wildman–Crippen LogP) is 3.81. The maximum Gasteiger partial charge on any atom is 0.318 e. The van der Waals surface area contributed by atoms with Gasteiger partial charge in [-0.25, -0.2) is 0 Å². The van der Waals surface area contributed by atoms with Crippen LogP contribution in [0.15, 0.2) is 34.7 Å². The molecule has 0 atom stereocenters. The first kappa shape index (κ1) is 15.2. The molecule has 6 nitrogen and oxygen atoms in total. The maximum absolute atomic E-state index is 6.26. The van der Waals surface area contributed by atoms with Crippen molar-refractivity contribution in [2.24, 2.45) is 0 Å². The van der Waals surface area contributed by atoms with E-state index in [-0.39, 0.29) is 0 Å². The smallest absolute Gasteiger partial charge is 0.318 e. The third-order valence-corrected chi connectivity index (χ3v) is 4.80. The molecule has 7 heteroatoms. The number of H-pyrrole nitrogens is 1. The largest absolute Gasteiger partial charge is 0.408 e. The van der Waals surface area contributed by atoms with Crippen molar-refractivity contribution in [2.75, 3.05) is 18.0 Å². The van der Waals surface area contributed by atoms with E-state index in [9.17, 15) is 0 Å². The van der Waals surface area contributed by atoms with Gasteiger partial charge in [-0.2, -0.15) is 5.10 Å². The van der Waals surface area contributed by atoms with E-state index in [1.165, 1.54) is 0 Å². The van der Waals surface area contributed by atoms with E-state index in [2.05, 4.69) is 31.4 Å². The molecule has 124 valence electrons. The molecule has 0 aliphatic carbocycles. The van der Waals surface area contributed by atoms with Crippen LogP contribution in [0.5, 0.6) is 0 Å². The van der Waals surface area contributed by atoms with Crippen LogP contribution >= 0.6 is 11.6 Å². The summed E-state index contributed by atoms with van der Waals surface area (Å²) < 4.78 is 5.51. The molecule has 0 spiro atoms. The molecule has 24 heavy (non-hydrogen) atoms. The molecule has 0 unspecified atom stereocenters. The molecular weight excluding hydrogens is 326 g/mol. The Morgan fingerprint density at radius 1 is 1.21 bits per heavy atom. The van der Waals surface area contributed by atoms with Crippen LogP contribution in [0.1, 0.15) is 30.3 Å². The lowest BCUT2D eigenvalue weighted by Crippen LogP contribution is -2.33. The number of rotatable bonds is 3. The molecule has 0 radical (unpaired) electrons. The van der Waals surface area contributed by atoms with E-state index in [1.807, 2.05) is 31.2 Å². The van der Waals surface area contributed by atoms with Crippen LogP contribution < -0.4 is 4.90 Å². The standard InChI is InChI=1S/C17H18ClN5O/c1-11-19-22-17(24-11)23-8-6-12(7-9-23)15-10-16(21-20-15)13-4-2-3-5-14(13)18/h2-5,10,12H,6-9H2,1H3,(H,20,21). The van der Waals surface area contributed by atoms with E-state index in [4.69, 9.17) is 16.0 Å². The van der Waals surface area contributed by atoms with Crippen molar-refractivity contribution in [3.63, 3.8) is 0 Å². The van der Waals surface area contributed by atoms with Gasteiger partial charge in [-0.1, -0.05) is 34.9 Å². The second kappa shape index (κ2) is 6.28. The van der Waals surface area contributed by atoms with E-state index in [1.54, 1.807) is 0 Å². The third kappa shape index (κ3) is 2.89. The van der Waals surface area contributed by atoms with Crippen LogP contribution in [0.2, 0.25) is 5.02 Å². The van der Waals surface area contributed by atoms with Crippen molar-refractivity contribution in [1.82, 2.24) is 20.4 Å². The van der Waals surface area contributed by atoms with Gasteiger partial charge in [-0.05, 0) is 25.0 Å². The molecule has 3 heterocycles. The first-order valence-corrected chi connectivity index (χ1v) is 8.44. The Hall–Kier alpha value is -2.34. The molecule has 4 rings (SSSR count). The summed E-state index contributed by atoms with van der Waals surface area (Å²) in [6.45, 7) is 3.60. The number of nitrogens with one attached hydrogen (secondary N) is 1. The minimum Gasteiger partial charge on any atom is -0.408 e. The van der Waals surface area contributed by atoms with Gasteiger partial charge in [-0.15, -0.1) is 5.10 Å². The molecule has 0 amide bonds. The second-order valence-electron chi connectivity index (χ2n) is 6.05. The Labute approximate surface area is 144 Å². The number of hydrogen-bond acceptors (Lipinski definition) is 5. The van der Waals surface area contributed by atoms with Gasteiger partial charge in [0.1, 0.15) is 0 Å². The van der Waals surface area contributed by atoms with E-state index >= 15 is 0 Å². The lowest BCUT2D eigenvalue weighted by Gasteiger charge is -2.29. The summed E-state index contributed by atoms with van der Waals surface area (Å²) in [4.78, 5) is 2.14. The summed E-state index contributed by atoms with van der Waals surface area (Å²) >= 11 is 6.26. The third-order valence-electron chi connectivity index (χ3n) is 4.47. The Morgan fingerprint density at radius 2 is 2.00 bits per heavy atom. The van der Waals surface area contributed by atoms with Crippen LogP contribution in [0.4, 0.5) is 6.01 Å². The summed E-state index contributed by atoms with van der Waals surface area (Å²) in [5.41, 5.74) is 3.01. The van der Waals surface area contributed by atoms with Crippen LogP contribution in [-0.2, 0) is 0 Å². The number of halogens is 1. The van der Waals surface area contributed by atoms with Gasteiger partial charge in [-0.3, -0.25) is 5.10 Å². The van der Waals surface area contributed by atoms with Crippen molar-refractivity contribution in [1.29, 1.82) is 0 Å². The number of piperidine rings is 1. The number of aryl methyl sites for hydroxylation is 1. The fraction of sp³-hybridized carbons (Fsp3) is 0.353. The molecule has 1 fully saturated rings. The van der Waals surface area contributed by atoms with Gasteiger partial charge < -0.3 is 9.32 Å². The average molecular weight is 344 g/mol. The highest BCUT2D eigenvalue weighted by Crippen LogP contribution is 2.32. The predicted molar refractivity (Wildman–Crippen MR) is 92.3 cm³/mol. The molecule has 1 aromatic carbocycles. The highest BCUT2D eigenvalue weighted by atomic mass is 35.5. The average Bonchev–Trinajstić information content (AvgIpc) is 3.25. The molecule has 1 saturated heterocycles. The van der Waals surface area contributed by atoms with Gasteiger partial charge in [0.05, 0.1) is 10.7 Å². The summed E-state index contributed by atoms with van der Waals surface area (Å²) in [6, 6.07) is 10.5. The summed E-state index contributed by atoms with van der Waals surface area (Å²) in [5.74, 6) is 1.05. The van der Waals surface area contributed by atoms with Crippen LogP contribution in [-0.4, -0.2) is 33.5 Å². The topological polar surface area (TPSA) is 70.8 Å². The van der Waals surface area contributed by atoms with Crippen LogP contribution in [0.3, 0.4) is 0 Å². The van der Waals surface area contributed by atoms with E-state index in [0.29, 0.717) is 17.8 Å². The SMILES string of the molecule is Cc1nnc(N2CCC(c3cc(-c4ccccc4Cl)n[nH]3)CC2)o1. The summed E-state index contributed by atoms with van der Waals surface area (Å²) in [5, 5.41) is 16.3. The fourth-order valence-corrected chi connectivity index (χ4v) is 3.38. The van der Waals surface area contributed by atoms with Gasteiger partial charge in [0.25, 0.3) is 0 Å².